The number of nitrogens with one attached hydrogen (secondary N) is 2. The quantitative estimate of drug-likeness (QED) is 0.837. The van der Waals surface area contributed by atoms with Gasteiger partial charge in [-0.25, -0.2) is 9.67 Å². The Morgan fingerprint density at radius 3 is 2.77 bits per heavy atom. The molecular formula is C18H24ClN5O2. The maximum Gasteiger partial charge on any atom is 0.238 e. The average Bonchev–Trinajstić information content (AvgIpc) is 3.11. The van der Waals surface area contributed by atoms with E-state index in [2.05, 4.69) is 34.6 Å². The summed E-state index contributed by atoms with van der Waals surface area (Å²) in [4.78, 5) is 16.4. The van der Waals surface area contributed by atoms with Crippen LogP contribution >= 0.6 is 11.6 Å². The second-order valence-electron chi connectivity index (χ2n) is 7.65. The fourth-order valence-corrected chi connectivity index (χ4v) is 3.60. The zero-order valence-electron chi connectivity index (χ0n) is 15.4. The molecule has 2 heterocycles. The molecule has 1 aliphatic heterocycles. The van der Waals surface area contributed by atoms with Crippen LogP contribution in [0.3, 0.4) is 0 Å². The monoisotopic (exact) mass is 377 g/mol. The molecule has 1 saturated heterocycles. The number of hydrogen-bond donors (Lipinski definition) is 2. The lowest BCUT2D eigenvalue weighted by Gasteiger charge is -2.27. The van der Waals surface area contributed by atoms with Crippen LogP contribution in [0, 0.1) is 0 Å². The topological polar surface area (TPSA) is 81.1 Å². The molecule has 0 aliphatic carbocycles. The van der Waals surface area contributed by atoms with Crippen molar-refractivity contribution in [1.29, 1.82) is 0 Å². The Bertz CT molecular complexity index is 789. The van der Waals surface area contributed by atoms with Gasteiger partial charge in [0.15, 0.2) is 0 Å². The number of carbonyl (C=O) groups excluding carboxylic acids is 1. The molecule has 26 heavy (non-hydrogen) atoms. The summed E-state index contributed by atoms with van der Waals surface area (Å²) < 4.78 is 7.63. The van der Waals surface area contributed by atoms with Gasteiger partial charge in [0.05, 0.1) is 29.1 Å². The Balaban J connectivity index is 1.67. The van der Waals surface area contributed by atoms with Crippen LogP contribution in [0.2, 0.25) is 5.02 Å². The molecule has 1 aromatic carbocycles. The molecule has 7 nitrogen and oxygen atoms in total. The summed E-state index contributed by atoms with van der Waals surface area (Å²) in [5.41, 5.74) is 0.749. The molecule has 2 N–H and O–H groups in total. The lowest BCUT2D eigenvalue weighted by Crippen LogP contribution is -2.46. The summed E-state index contributed by atoms with van der Waals surface area (Å²) in [7, 11) is 0. The normalized spacial score (nSPS) is 20.9. The van der Waals surface area contributed by atoms with E-state index in [0.717, 1.165) is 6.42 Å². The van der Waals surface area contributed by atoms with Crippen LogP contribution in [0.1, 0.15) is 34.1 Å². The van der Waals surface area contributed by atoms with E-state index in [4.69, 9.17) is 16.3 Å². The molecule has 0 radical (unpaired) electrons. The number of benzene rings is 1. The zero-order chi connectivity index (χ0) is 18.9. The van der Waals surface area contributed by atoms with E-state index < -0.39 is 0 Å². The molecule has 1 atom stereocenters. The minimum absolute atomic E-state index is 0.0948. The fourth-order valence-electron chi connectivity index (χ4n) is 3.43. The molecule has 2 aromatic rings. The third kappa shape index (κ3) is 4.23. The van der Waals surface area contributed by atoms with Gasteiger partial charge in [-0.3, -0.25) is 4.79 Å². The molecule has 1 fully saturated rings. The Kier molecular flexibility index (Phi) is 5.05. The first-order valence-corrected chi connectivity index (χ1v) is 8.92. The largest absolute Gasteiger partial charge is 0.368 e. The maximum absolute atomic E-state index is 12.5. The molecular weight excluding hydrogens is 354 g/mol. The first kappa shape index (κ1) is 18.8. The third-order valence-electron chi connectivity index (χ3n) is 4.48. The molecule has 140 valence electrons. The van der Waals surface area contributed by atoms with Gasteiger partial charge in [-0.1, -0.05) is 11.6 Å². The summed E-state index contributed by atoms with van der Waals surface area (Å²) in [6.45, 7) is 8.38. The lowest BCUT2D eigenvalue weighted by molar-refractivity contribution is -0.115. The summed E-state index contributed by atoms with van der Waals surface area (Å²) >= 11 is 6.08. The molecule has 1 aliphatic rings. The van der Waals surface area contributed by atoms with Crippen molar-refractivity contribution in [3.63, 3.8) is 0 Å². The van der Waals surface area contributed by atoms with E-state index in [1.165, 1.54) is 6.33 Å². The van der Waals surface area contributed by atoms with E-state index in [0.29, 0.717) is 16.4 Å². The van der Waals surface area contributed by atoms with Crippen LogP contribution in [-0.2, 0) is 9.53 Å². The second kappa shape index (κ2) is 6.98. The number of amides is 1. The minimum Gasteiger partial charge on any atom is -0.368 e. The first-order valence-electron chi connectivity index (χ1n) is 8.54. The lowest BCUT2D eigenvalue weighted by atomic mass is 9.94. The van der Waals surface area contributed by atoms with Crippen LogP contribution in [0.5, 0.6) is 0 Å². The summed E-state index contributed by atoms with van der Waals surface area (Å²) in [5.74, 6) is -0.158. The smallest absolute Gasteiger partial charge is 0.238 e. The molecule has 1 aromatic heterocycles. The van der Waals surface area contributed by atoms with Gasteiger partial charge in [0.25, 0.3) is 0 Å². The highest BCUT2D eigenvalue weighted by Crippen LogP contribution is 2.37. The number of rotatable bonds is 5. The number of halogens is 1. The van der Waals surface area contributed by atoms with Crippen LogP contribution in [0.4, 0.5) is 5.69 Å². The standard InChI is InChI=1S/C18H24ClN5O2/c1-17(2)8-15(18(3,4)26-17)21-9-16(25)23-13-7-12(19)5-6-14(13)24-11-20-10-22-24/h5-7,10-11,15,21H,8-9H2,1-4H3,(H,23,25). The van der Waals surface area contributed by atoms with Gasteiger partial charge < -0.3 is 15.4 Å². The number of hydrogen-bond acceptors (Lipinski definition) is 5. The van der Waals surface area contributed by atoms with Gasteiger partial charge in [0, 0.05) is 11.1 Å². The Labute approximate surface area is 158 Å². The van der Waals surface area contributed by atoms with Gasteiger partial charge in [-0.2, -0.15) is 5.10 Å². The number of ether oxygens (including phenoxy) is 1. The highest BCUT2D eigenvalue weighted by Gasteiger charge is 2.45. The van der Waals surface area contributed by atoms with E-state index >= 15 is 0 Å². The van der Waals surface area contributed by atoms with Gasteiger partial charge in [0.2, 0.25) is 5.91 Å². The predicted octanol–water partition coefficient (Wildman–Crippen LogP) is 2.79. The van der Waals surface area contributed by atoms with E-state index in [1.54, 1.807) is 29.2 Å². The third-order valence-corrected chi connectivity index (χ3v) is 4.72. The molecule has 8 heteroatoms. The van der Waals surface area contributed by atoms with Crippen LogP contribution < -0.4 is 10.6 Å². The SMILES string of the molecule is CC1(C)CC(NCC(=O)Nc2cc(Cl)ccc2-n2cncn2)C(C)(C)O1. The number of aromatic nitrogens is 3. The van der Waals surface area contributed by atoms with Crippen molar-refractivity contribution >= 4 is 23.2 Å². The van der Waals surface area contributed by atoms with Gasteiger partial charge in [0.1, 0.15) is 12.7 Å². The van der Waals surface area contributed by atoms with Crippen molar-refractivity contribution in [3.8, 4) is 5.69 Å². The van der Waals surface area contributed by atoms with Crippen molar-refractivity contribution < 1.29 is 9.53 Å². The van der Waals surface area contributed by atoms with E-state index in [-0.39, 0.29) is 29.7 Å². The Morgan fingerprint density at radius 1 is 1.38 bits per heavy atom. The van der Waals surface area contributed by atoms with E-state index in [9.17, 15) is 4.79 Å². The van der Waals surface area contributed by atoms with Crippen LogP contribution in [0.25, 0.3) is 5.69 Å². The fraction of sp³-hybridized carbons (Fsp3) is 0.500. The van der Waals surface area contributed by atoms with Gasteiger partial charge in [-0.15, -0.1) is 0 Å². The summed E-state index contributed by atoms with van der Waals surface area (Å²) in [6.07, 6.45) is 3.85. The molecule has 0 bridgehead atoms. The predicted molar refractivity (Wildman–Crippen MR) is 101 cm³/mol. The van der Waals surface area contributed by atoms with Crippen LogP contribution in [-0.4, -0.2) is 44.5 Å². The Morgan fingerprint density at radius 2 is 2.15 bits per heavy atom. The second-order valence-corrected chi connectivity index (χ2v) is 8.09. The van der Waals surface area contributed by atoms with Crippen LogP contribution in [0.15, 0.2) is 30.9 Å². The summed E-state index contributed by atoms with van der Waals surface area (Å²) in [5, 5.41) is 10.8. The molecule has 0 spiro atoms. The summed E-state index contributed by atoms with van der Waals surface area (Å²) in [6, 6.07) is 5.32. The maximum atomic E-state index is 12.5. The molecule has 0 saturated carbocycles. The van der Waals surface area contributed by atoms with Gasteiger partial charge >= 0.3 is 0 Å². The molecule has 1 amide bonds. The van der Waals surface area contributed by atoms with Crippen molar-refractivity contribution in [2.75, 3.05) is 11.9 Å². The molecule has 3 rings (SSSR count). The van der Waals surface area contributed by atoms with Crippen molar-refractivity contribution in [1.82, 2.24) is 20.1 Å². The molecule has 1 unspecified atom stereocenters. The average molecular weight is 378 g/mol. The van der Waals surface area contributed by atoms with Crippen molar-refractivity contribution in [3.05, 3.63) is 35.9 Å². The first-order chi connectivity index (χ1) is 12.2. The van der Waals surface area contributed by atoms with Crippen molar-refractivity contribution in [2.24, 2.45) is 0 Å². The Hall–Kier alpha value is -1.96. The van der Waals surface area contributed by atoms with Gasteiger partial charge in [-0.05, 0) is 52.3 Å². The number of anilines is 1. The highest BCUT2D eigenvalue weighted by molar-refractivity contribution is 6.31. The van der Waals surface area contributed by atoms with E-state index in [1.807, 2.05) is 13.8 Å². The van der Waals surface area contributed by atoms with Crippen molar-refractivity contribution in [2.45, 2.75) is 51.4 Å². The number of carbonyl (C=O) groups is 1. The number of nitrogens with zero attached hydrogens (tertiary/aromatic N) is 3. The highest BCUT2D eigenvalue weighted by atomic mass is 35.5. The zero-order valence-corrected chi connectivity index (χ0v) is 16.2. The minimum atomic E-state index is -0.328.